The quantitative estimate of drug-likeness (QED) is 0.239. The smallest absolute Gasteiger partial charge is 0.255 e. The lowest BCUT2D eigenvalue weighted by Gasteiger charge is -2.45. The molecule has 242 valence electrons. The third kappa shape index (κ3) is 6.66. The zero-order valence-electron chi connectivity index (χ0n) is 26.3. The van der Waals surface area contributed by atoms with Crippen molar-refractivity contribution in [2.45, 2.75) is 49.9 Å². The largest absolute Gasteiger partial charge is 0.392 e. The lowest BCUT2D eigenvalue weighted by molar-refractivity contribution is -0.253. The van der Waals surface area contributed by atoms with Crippen molar-refractivity contribution >= 4 is 23.2 Å². The molecule has 3 atom stereocenters. The number of aliphatic hydroxyl groups excluding tert-OH is 1. The number of nitrogens with zero attached hydrogens (tertiary/aromatic N) is 2. The molecule has 7 rings (SSSR count). The second kappa shape index (κ2) is 13.7. The van der Waals surface area contributed by atoms with Crippen LogP contribution in [0.1, 0.15) is 58.7 Å². The fourth-order valence-corrected chi connectivity index (χ4v) is 6.98. The molecular weight excluding hydrogens is 592 g/mol. The van der Waals surface area contributed by atoms with Crippen LogP contribution in [-0.2, 0) is 20.9 Å². The summed E-state index contributed by atoms with van der Waals surface area (Å²) in [4.78, 5) is 30.5. The van der Waals surface area contributed by atoms with Gasteiger partial charge in [-0.25, -0.2) is 0 Å². The molecular formula is C38H40N4O5. The van der Waals surface area contributed by atoms with Crippen molar-refractivity contribution in [3.8, 4) is 0 Å². The number of hydrogen-bond acceptors (Lipinski definition) is 7. The lowest BCUT2D eigenvalue weighted by Crippen LogP contribution is -2.57. The Labute approximate surface area is 275 Å². The predicted molar refractivity (Wildman–Crippen MR) is 180 cm³/mol. The molecule has 0 saturated carbocycles. The Bertz CT molecular complexity index is 1660. The van der Waals surface area contributed by atoms with E-state index in [-0.39, 0.29) is 30.6 Å². The van der Waals surface area contributed by atoms with Crippen LogP contribution in [0.2, 0.25) is 0 Å². The molecule has 3 saturated heterocycles. The number of benzene rings is 4. The van der Waals surface area contributed by atoms with Gasteiger partial charge in [-0.1, -0.05) is 72.8 Å². The van der Waals surface area contributed by atoms with Crippen LogP contribution in [0, 0.1) is 0 Å². The number of carbonyl (C=O) groups excluding carboxylic acids is 2. The molecule has 3 aliphatic rings. The number of likely N-dealkylation sites (tertiary alicyclic amines) is 1. The molecule has 3 heterocycles. The van der Waals surface area contributed by atoms with Gasteiger partial charge in [0.25, 0.3) is 5.91 Å². The van der Waals surface area contributed by atoms with Crippen molar-refractivity contribution < 1.29 is 24.2 Å². The van der Waals surface area contributed by atoms with E-state index in [0.717, 1.165) is 54.9 Å². The van der Waals surface area contributed by atoms with Crippen LogP contribution in [0.15, 0.2) is 109 Å². The molecule has 0 bridgehead atoms. The summed E-state index contributed by atoms with van der Waals surface area (Å²) in [6, 6.07) is 34.8. The molecule has 3 N–H and O–H groups in total. The molecule has 4 aromatic carbocycles. The number of ether oxygens (including phenoxy) is 2. The predicted octanol–water partition coefficient (Wildman–Crippen LogP) is 5.41. The van der Waals surface area contributed by atoms with Gasteiger partial charge in [-0.3, -0.25) is 9.59 Å². The molecule has 9 nitrogen and oxygen atoms in total. The minimum atomic E-state index is -0.597. The summed E-state index contributed by atoms with van der Waals surface area (Å²) in [7, 11) is 0. The Kier molecular flexibility index (Phi) is 9.04. The van der Waals surface area contributed by atoms with Crippen LogP contribution in [0.4, 0.5) is 11.4 Å². The monoisotopic (exact) mass is 632 g/mol. The van der Waals surface area contributed by atoms with E-state index < -0.39 is 11.8 Å². The third-order valence-corrected chi connectivity index (χ3v) is 9.64. The third-order valence-electron chi connectivity index (χ3n) is 9.64. The summed E-state index contributed by atoms with van der Waals surface area (Å²) in [6.07, 6.45) is 1.25. The number of amides is 2. The first-order valence-electron chi connectivity index (χ1n) is 16.3. The van der Waals surface area contributed by atoms with E-state index in [0.29, 0.717) is 24.3 Å². The van der Waals surface area contributed by atoms with E-state index in [2.05, 4.69) is 32.6 Å². The first kappa shape index (κ1) is 31.1. The van der Waals surface area contributed by atoms with Crippen LogP contribution in [0.5, 0.6) is 0 Å². The first-order chi connectivity index (χ1) is 23.0. The maximum atomic E-state index is 13.2. The molecule has 0 unspecified atom stereocenters. The second-order valence-corrected chi connectivity index (χ2v) is 12.6. The van der Waals surface area contributed by atoms with Crippen LogP contribution < -0.4 is 15.5 Å². The summed E-state index contributed by atoms with van der Waals surface area (Å²) in [6.45, 7) is 2.81. The van der Waals surface area contributed by atoms with Crippen LogP contribution in [0.3, 0.4) is 0 Å². The summed E-state index contributed by atoms with van der Waals surface area (Å²) in [5.74, 6) is -0.0570. The first-order valence-corrected chi connectivity index (χ1v) is 16.3. The van der Waals surface area contributed by atoms with Crippen molar-refractivity contribution in [2.75, 3.05) is 36.5 Å². The van der Waals surface area contributed by atoms with E-state index in [9.17, 15) is 14.7 Å². The number of nitrogens with one attached hydrogen (secondary N) is 2. The summed E-state index contributed by atoms with van der Waals surface area (Å²) < 4.78 is 13.2. The molecule has 0 radical (unpaired) electrons. The molecule has 2 amide bonds. The highest BCUT2D eigenvalue weighted by atomic mass is 16.7. The van der Waals surface area contributed by atoms with Crippen molar-refractivity contribution in [1.29, 1.82) is 0 Å². The highest BCUT2D eigenvalue weighted by molar-refractivity contribution is 6.04. The molecule has 4 aromatic rings. The Morgan fingerprint density at radius 3 is 2.19 bits per heavy atom. The second-order valence-electron chi connectivity index (χ2n) is 12.6. The Morgan fingerprint density at radius 1 is 0.851 bits per heavy atom. The number of aliphatic hydroxyl groups is 1. The highest BCUT2D eigenvalue weighted by Gasteiger charge is 2.50. The normalized spacial score (nSPS) is 22.6. The minimum absolute atomic E-state index is 0.0104. The molecule has 3 fully saturated rings. The van der Waals surface area contributed by atoms with Crippen LogP contribution in [-0.4, -0.2) is 59.8 Å². The zero-order chi connectivity index (χ0) is 32.2. The lowest BCUT2D eigenvalue weighted by atomic mass is 9.85. The highest BCUT2D eigenvalue weighted by Crippen LogP contribution is 2.40. The Morgan fingerprint density at radius 2 is 1.51 bits per heavy atom. The average molecular weight is 633 g/mol. The summed E-state index contributed by atoms with van der Waals surface area (Å²) >= 11 is 0. The SMILES string of the molecule is O=C(Nc1ccc([C@@H]2O[C@H](CN3CCC4(CC3)C(=O)NCN4c3ccccc3)C[C@H](c3ccc(CO)cc3)O2)cc1)c1ccccc1. The van der Waals surface area contributed by atoms with Gasteiger partial charge >= 0.3 is 0 Å². The fraction of sp³-hybridized carbons (Fsp3) is 0.316. The fourth-order valence-electron chi connectivity index (χ4n) is 6.98. The van der Waals surface area contributed by atoms with Crippen LogP contribution in [0.25, 0.3) is 0 Å². The molecule has 1 spiro atoms. The van der Waals surface area contributed by atoms with Gasteiger partial charge in [-0.15, -0.1) is 0 Å². The standard InChI is InChI=1S/C38H40N4O5/c43-25-27-11-13-28(14-12-27)34-23-33(24-41-21-19-38(20-22-41)37(45)39-26-42(38)32-9-5-2-6-10-32)46-36(47-34)30-15-17-31(18-16-30)40-35(44)29-7-3-1-4-8-29/h1-18,33-34,36,43H,19-26H2,(H,39,45)(H,40,44)/t33-,34+,36+/m0/s1. The van der Waals surface area contributed by atoms with E-state index in [1.807, 2.05) is 84.9 Å². The van der Waals surface area contributed by atoms with Gasteiger partial charge in [0.1, 0.15) is 5.54 Å². The Balaban J connectivity index is 1.05. The number of para-hydroxylation sites is 1. The van der Waals surface area contributed by atoms with Gasteiger partial charge in [0, 0.05) is 48.6 Å². The number of rotatable bonds is 8. The van der Waals surface area contributed by atoms with Crippen molar-refractivity contribution in [1.82, 2.24) is 10.2 Å². The number of anilines is 2. The van der Waals surface area contributed by atoms with E-state index >= 15 is 0 Å². The maximum Gasteiger partial charge on any atom is 0.255 e. The van der Waals surface area contributed by atoms with E-state index in [1.54, 1.807) is 12.1 Å². The number of piperidine rings is 1. The number of carbonyl (C=O) groups is 2. The van der Waals surface area contributed by atoms with E-state index in [4.69, 9.17) is 9.47 Å². The topological polar surface area (TPSA) is 103 Å². The van der Waals surface area contributed by atoms with Gasteiger partial charge in [-0.05, 0) is 60.4 Å². The van der Waals surface area contributed by atoms with Gasteiger partial charge in [0.2, 0.25) is 5.91 Å². The molecule has 0 aromatic heterocycles. The molecule has 9 heteroatoms. The van der Waals surface area contributed by atoms with Gasteiger partial charge in [-0.2, -0.15) is 0 Å². The maximum absolute atomic E-state index is 13.2. The summed E-state index contributed by atoms with van der Waals surface area (Å²) in [5, 5.41) is 15.6. The minimum Gasteiger partial charge on any atom is -0.392 e. The van der Waals surface area contributed by atoms with Gasteiger partial charge < -0.3 is 35.0 Å². The van der Waals surface area contributed by atoms with Crippen molar-refractivity contribution in [2.24, 2.45) is 0 Å². The average Bonchev–Trinajstić information content (AvgIpc) is 3.44. The molecule has 3 aliphatic heterocycles. The number of hydrogen-bond donors (Lipinski definition) is 3. The summed E-state index contributed by atoms with van der Waals surface area (Å²) in [5.41, 5.74) is 4.56. The molecule has 47 heavy (non-hydrogen) atoms. The van der Waals surface area contributed by atoms with Gasteiger partial charge in [0.05, 0.1) is 25.5 Å². The van der Waals surface area contributed by atoms with E-state index in [1.165, 1.54) is 0 Å². The zero-order valence-corrected chi connectivity index (χ0v) is 26.3. The molecule has 0 aliphatic carbocycles. The Hall–Kier alpha value is -4.54. The van der Waals surface area contributed by atoms with Crippen LogP contribution >= 0.6 is 0 Å². The van der Waals surface area contributed by atoms with Crippen molar-refractivity contribution in [3.05, 3.63) is 131 Å². The van der Waals surface area contributed by atoms with Gasteiger partial charge in [0.15, 0.2) is 6.29 Å². The van der Waals surface area contributed by atoms with Crippen molar-refractivity contribution in [3.63, 3.8) is 0 Å².